The average Bonchev–Trinajstić information content (AvgIpc) is 2.31. The van der Waals surface area contributed by atoms with Crippen molar-refractivity contribution < 1.29 is 9.90 Å². The van der Waals surface area contributed by atoms with Crippen LogP contribution in [0.15, 0.2) is 24.3 Å². The van der Waals surface area contributed by atoms with Crippen LogP contribution in [0.2, 0.25) is 0 Å². The van der Waals surface area contributed by atoms with Crippen LogP contribution in [0.3, 0.4) is 0 Å². The van der Waals surface area contributed by atoms with E-state index in [0.717, 1.165) is 6.54 Å². The third-order valence-electron chi connectivity index (χ3n) is 3.65. The second-order valence-corrected chi connectivity index (χ2v) is 6.10. The summed E-state index contributed by atoms with van der Waals surface area (Å²) < 4.78 is 0.258. The summed E-state index contributed by atoms with van der Waals surface area (Å²) in [5.41, 5.74) is 0.682. The Hall–Kier alpha value is -1.16. The van der Waals surface area contributed by atoms with Crippen molar-refractivity contribution in [2.24, 2.45) is 0 Å². The fraction of sp³-hybridized carbons (Fsp3) is 0.500. The molecule has 2 N–H and O–H groups in total. The molecule has 0 atom stereocenters. The number of phenols is 1. The largest absolute Gasteiger partial charge is 0.508 e. The number of nitrogens with one attached hydrogen (secondary N) is 1. The number of hydrogen-bond donors (Lipinski definition) is 2. The number of thioether (sulfide) groups is 1. The molecule has 0 bridgehead atoms. The first-order valence-corrected chi connectivity index (χ1v) is 7.46. The number of hydrogen-bond acceptors (Lipinski definition) is 3. The van der Waals surface area contributed by atoms with Crippen molar-refractivity contribution in [3.8, 4) is 5.75 Å². The van der Waals surface area contributed by atoms with Gasteiger partial charge in [0.1, 0.15) is 5.75 Å². The van der Waals surface area contributed by atoms with Crippen molar-refractivity contribution in [1.29, 1.82) is 0 Å². The van der Waals surface area contributed by atoms with Crippen molar-refractivity contribution in [3.63, 3.8) is 0 Å². The smallest absolute Gasteiger partial charge is 0.224 e. The molecular formula is C14H19NO2S. The number of carbonyl (C=O) groups is 1. The number of benzene rings is 1. The molecule has 1 saturated carbocycles. The summed E-state index contributed by atoms with van der Waals surface area (Å²) in [6, 6.07) is 6.98. The lowest BCUT2D eigenvalue weighted by Crippen LogP contribution is -2.45. The number of carbonyl (C=O) groups excluding carboxylic acids is 1. The topological polar surface area (TPSA) is 49.3 Å². The molecule has 1 fully saturated rings. The van der Waals surface area contributed by atoms with Crippen LogP contribution in [0, 0.1) is 0 Å². The lowest BCUT2D eigenvalue weighted by molar-refractivity contribution is -0.120. The van der Waals surface area contributed by atoms with E-state index >= 15 is 0 Å². The first-order valence-electron chi connectivity index (χ1n) is 6.24. The van der Waals surface area contributed by atoms with E-state index in [0.29, 0.717) is 5.56 Å². The highest BCUT2D eigenvalue weighted by atomic mass is 32.2. The van der Waals surface area contributed by atoms with Crippen LogP contribution >= 0.6 is 11.8 Å². The molecule has 0 heterocycles. The van der Waals surface area contributed by atoms with E-state index in [1.54, 1.807) is 18.2 Å². The Kier molecular flexibility index (Phi) is 4.17. The zero-order valence-corrected chi connectivity index (χ0v) is 11.4. The van der Waals surface area contributed by atoms with Gasteiger partial charge in [0, 0.05) is 16.9 Å². The van der Waals surface area contributed by atoms with Crippen LogP contribution in [0.1, 0.15) is 24.8 Å². The van der Waals surface area contributed by atoms with E-state index in [4.69, 9.17) is 0 Å². The van der Waals surface area contributed by atoms with Crippen molar-refractivity contribution in [2.75, 3.05) is 12.8 Å². The minimum Gasteiger partial charge on any atom is -0.508 e. The van der Waals surface area contributed by atoms with Gasteiger partial charge < -0.3 is 10.4 Å². The number of amides is 1. The molecule has 2 rings (SSSR count). The maximum atomic E-state index is 11.8. The Labute approximate surface area is 112 Å². The van der Waals surface area contributed by atoms with Gasteiger partial charge in [-0.1, -0.05) is 24.6 Å². The fourth-order valence-electron chi connectivity index (χ4n) is 2.18. The van der Waals surface area contributed by atoms with Crippen LogP contribution in [0.4, 0.5) is 0 Å². The highest BCUT2D eigenvalue weighted by molar-refractivity contribution is 8.00. The normalized spacial score (nSPS) is 16.9. The molecule has 1 aromatic rings. The van der Waals surface area contributed by atoms with E-state index in [-0.39, 0.29) is 22.8 Å². The van der Waals surface area contributed by atoms with Crippen LogP contribution in [-0.2, 0) is 11.2 Å². The lowest BCUT2D eigenvalue weighted by Gasteiger charge is -2.40. The molecule has 1 aliphatic carbocycles. The molecule has 0 aromatic heterocycles. The first kappa shape index (κ1) is 13.3. The molecule has 1 aromatic carbocycles. The number of aromatic hydroxyl groups is 1. The second kappa shape index (κ2) is 5.65. The molecule has 18 heavy (non-hydrogen) atoms. The molecule has 0 aliphatic heterocycles. The molecule has 98 valence electrons. The summed E-state index contributed by atoms with van der Waals surface area (Å²) in [5, 5.41) is 12.6. The van der Waals surface area contributed by atoms with E-state index < -0.39 is 0 Å². The fourth-order valence-corrected chi connectivity index (χ4v) is 3.09. The molecule has 1 aliphatic rings. The zero-order chi connectivity index (χ0) is 13.0. The van der Waals surface area contributed by atoms with E-state index in [1.165, 1.54) is 19.3 Å². The average molecular weight is 265 g/mol. The van der Waals surface area contributed by atoms with Crippen molar-refractivity contribution >= 4 is 17.7 Å². The first-order chi connectivity index (χ1) is 8.65. The second-order valence-electron chi connectivity index (χ2n) is 4.82. The Morgan fingerprint density at radius 2 is 2.17 bits per heavy atom. The molecule has 4 heteroatoms. The van der Waals surface area contributed by atoms with Gasteiger partial charge in [-0.2, -0.15) is 11.8 Å². The molecular weight excluding hydrogens is 246 g/mol. The summed E-state index contributed by atoms with van der Waals surface area (Å²) in [6.45, 7) is 0.737. The Balaban J connectivity index is 1.84. The van der Waals surface area contributed by atoms with E-state index in [1.807, 2.05) is 17.8 Å². The summed E-state index contributed by atoms with van der Waals surface area (Å²) in [4.78, 5) is 11.8. The molecule has 0 radical (unpaired) electrons. The zero-order valence-electron chi connectivity index (χ0n) is 10.6. The summed E-state index contributed by atoms with van der Waals surface area (Å²) in [5.74, 6) is 0.174. The molecule has 0 unspecified atom stereocenters. The minimum absolute atomic E-state index is 0.0168. The van der Waals surface area contributed by atoms with Crippen LogP contribution < -0.4 is 5.32 Å². The molecule has 0 saturated heterocycles. The van der Waals surface area contributed by atoms with Crippen molar-refractivity contribution in [1.82, 2.24) is 5.32 Å². The number of para-hydroxylation sites is 1. The highest BCUT2D eigenvalue weighted by Gasteiger charge is 2.36. The SMILES string of the molecule is CSC1(CNC(=O)Cc2ccccc2O)CCC1. The van der Waals surface area contributed by atoms with Crippen LogP contribution in [-0.4, -0.2) is 28.6 Å². The van der Waals surface area contributed by atoms with Crippen molar-refractivity contribution in [2.45, 2.75) is 30.4 Å². The quantitative estimate of drug-likeness (QED) is 0.859. The summed E-state index contributed by atoms with van der Waals surface area (Å²) >= 11 is 1.85. The van der Waals surface area contributed by atoms with Gasteiger partial charge in [0.15, 0.2) is 0 Å². The van der Waals surface area contributed by atoms with Gasteiger partial charge in [0.05, 0.1) is 6.42 Å². The Morgan fingerprint density at radius 3 is 2.72 bits per heavy atom. The predicted octanol–water partition coefficient (Wildman–Crippen LogP) is 2.34. The van der Waals surface area contributed by atoms with Crippen molar-refractivity contribution in [3.05, 3.63) is 29.8 Å². The van der Waals surface area contributed by atoms with Gasteiger partial charge in [0.25, 0.3) is 0 Å². The number of phenolic OH excluding ortho intramolecular Hbond substituents is 1. The van der Waals surface area contributed by atoms with Gasteiger partial charge in [-0.25, -0.2) is 0 Å². The molecule has 0 spiro atoms. The lowest BCUT2D eigenvalue weighted by atomic mass is 9.84. The van der Waals surface area contributed by atoms with E-state index in [2.05, 4.69) is 11.6 Å². The Bertz CT molecular complexity index is 424. The van der Waals surface area contributed by atoms with E-state index in [9.17, 15) is 9.90 Å². The molecule has 3 nitrogen and oxygen atoms in total. The maximum Gasteiger partial charge on any atom is 0.224 e. The monoisotopic (exact) mass is 265 g/mol. The third-order valence-corrected chi connectivity index (χ3v) is 5.07. The molecule has 1 amide bonds. The van der Waals surface area contributed by atoms with Crippen LogP contribution in [0.5, 0.6) is 5.75 Å². The van der Waals surface area contributed by atoms with Crippen LogP contribution in [0.25, 0.3) is 0 Å². The van der Waals surface area contributed by atoms with Gasteiger partial charge in [-0.15, -0.1) is 0 Å². The predicted molar refractivity (Wildman–Crippen MR) is 74.9 cm³/mol. The van der Waals surface area contributed by atoms with Gasteiger partial charge in [0.2, 0.25) is 5.91 Å². The maximum absolute atomic E-state index is 11.8. The standard InChI is InChI=1S/C14H19NO2S/c1-18-14(7-4-8-14)10-15-13(17)9-11-5-2-3-6-12(11)16/h2-3,5-6,16H,4,7-10H2,1H3,(H,15,17). The summed E-state index contributed by atoms with van der Waals surface area (Å²) in [6.07, 6.45) is 5.98. The summed E-state index contributed by atoms with van der Waals surface area (Å²) in [7, 11) is 0. The highest BCUT2D eigenvalue weighted by Crippen LogP contribution is 2.42. The minimum atomic E-state index is -0.0168. The number of rotatable bonds is 5. The third kappa shape index (κ3) is 2.99. The van der Waals surface area contributed by atoms with Gasteiger partial charge in [-0.05, 0) is 25.2 Å². The Morgan fingerprint density at radius 1 is 1.44 bits per heavy atom. The van der Waals surface area contributed by atoms with Gasteiger partial charge >= 0.3 is 0 Å². The van der Waals surface area contributed by atoms with Gasteiger partial charge in [-0.3, -0.25) is 4.79 Å².